The second-order valence-corrected chi connectivity index (χ2v) is 6.78. The molecule has 1 heterocycles. The molecule has 0 aromatic heterocycles. The summed E-state index contributed by atoms with van der Waals surface area (Å²) in [7, 11) is 0. The van der Waals surface area contributed by atoms with Crippen molar-refractivity contribution in [2.75, 3.05) is 12.4 Å². The monoisotopic (exact) mass is 354 g/mol. The molecular weight excluding hydrogens is 344 g/mol. The average Bonchev–Trinajstić information content (AvgIpc) is 2.81. The van der Waals surface area contributed by atoms with Crippen LogP contribution in [0.2, 0.25) is 5.02 Å². The molecule has 98 valence electrons. The van der Waals surface area contributed by atoms with Crippen LogP contribution in [0.25, 0.3) is 0 Å². The van der Waals surface area contributed by atoms with Crippen molar-refractivity contribution < 1.29 is 4.74 Å². The molecule has 1 aliphatic rings. The number of benzene rings is 2. The molecule has 2 aromatic carbocycles. The van der Waals surface area contributed by atoms with Gasteiger partial charge in [0.1, 0.15) is 5.75 Å². The topological polar surface area (TPSA) is 9.23 Å². The van der Waals surface area contributed by atoms with Gasteiger partial charge in [0.05, 0.1) is 11.1 Å². The number of hydrogen-bond donors (Lipinski definition) is 0. The van der Waals surface area contributed by atoms with Gasteiger partial charge in [-0.3, -0.25) is 0 Å². The molecule has 0 saturated carbocycles. The van der Waals surface area contributed by atoms with Gasteiger partial charge in [0.25, 0.3) is 0 Å². The van der Waals surface area contributed by atoms with E-state index >= 15 is 0 Å². The Hall–Kier alpha value is -0.640. The Bertz CT molecular complexity index is 602. The van der Waals surface area contributed by atoms with Gasteiger partial charge in [-0.15, -0.1) is 11.8 Å². The van der Waals surface area contributed by atoms with E-state index in [9.17, 15) is 0 Å². The zero-order chi connectivity index (χ0) is 13.2. The minimum absolute atomic E-state index is 0.462. The Morgan fingerprint density at radius 2 is 2.11 bits per heavy atom. The molecule has 0 aliphatic carbocycles. The van der Waals surface area contributed by atoms with Crippen molar-refractivity contribution in [2.45, 2.75) is 10.8 Å². The minimum Gasteiger partial charge on any atom is -0.492 e. The van der Waals surface area contributed by atoms with Gasteiger partial charge >= 0.3 is 0 Å². The first-order valence-corrected chi connectivity index (χ1v) is 8.19. The highest BCUT2D eigenvalue weighted by molar-refractivity contribution is 9.10. The maximum absolute atomic E-state index is 5.92. The van der Waals surface area contributed by atoms with Crippen LogP contribution in [0.5, 0.6) is 5.75 Å². The lowest BCUT2D eigenvalue weighted by atomic mass is 10.0. The third-order valence-electron chi connectivity index (χ3n) is 3.13. The Labute approximate surface area is 130 Å². The highest BCUT2D eigenvalue weighted by Gasteiger charge is 2.23. The SMILES string of the molecule is Clc1ccc(OCC2CSc3ccccc32)c(Br)c1. The number of halogens is 2. The second-order valence-electron chi connectivity index (χ2n) is 4.43. The first kappa shape index (κ1) is 13.3. The number of fused-ring (bicyclic) bond motifs is 1. The summed E-state index contributed by atoms with van der Waals surface area (Å²) in [6.45, 7) is 0.699. The fourth-order valence-electron chi connectivity index (χ4n) is 2.15. The summed E-state index contributed by atoms with van der Waals surface area (Å²) >= 11 is 11.3. The number of ether oxygens (including phenoxy) is 1. The van der Waals surface area contributed by atoms with Gasteiger partial charge in [0, 0.05) is 21.6 Å². The van der Waals surface area contributed by atoms with E-state index in [4.69, 9.17) is 16.3 Å². The van der Waals surface area contributed by atoms with Crippen LogP contribution in [0.15, 0.2) is 51.8 Å². The van der Waals surface area contributed by atoms with E-state index in [1.807, 2.05) is 30.0 Å². The van der Waals surface area contributed by atoms with Gasteiger partial charge in [-0.1, -0.05) is 29.8 Å². The second kappa shape index (κ2) is 5.78. The predicted molar refractivity (Wildman–Crippen MR) is 84.6 cm³/mol. The molecule has 1 nitrogen and oxygen atoms in total. The van der Waals surface area contributed by atoms with Gasteiger partial charge in [-0.2, -0.15) is 0 Å². The molecule has 1 unspecified atom stereocenters. The molecule has 0 amide bonds. The summed E-state index contributed by atoms with van der Waals surface area (Å²) in [6, 6.07) is 14.2. The van der Waals surface area contributed by atoms with Gasteiger partial charge < -0.3 is 4.74 Å². The van der Waals surface area contributed by atoms with Crippen molar-refractivity contribution in [3.8, 4) is 5.75 Å². The summed E-state index contributed by atoms with van der Waals surface area (Å²) in [5.74, 6) is 2.40. The molecule has 3 rings (SSSR count). The van der Waals surface area contributed by atoms with Crippen LogP contribution < -0.4 is 4.74 Å². The first-order valence-electron chi connectivity index (χ1n) is 6.03. The highest BCUT2D eigenvalue weighted by atomic mass is 79.9. The maximum Gasteiger partial charge on any atom is 0.133 e. The fourth-order valence-corrected chi connectivity index (χ4v) is 4.18. The van der Waals surface area contributed by atoms with Gasteiger partial charge in [-0.05, 0) is 45.8 Å². The van der Waals surface area contributed by atoms with Crippen LogP contribution in [-0.4, -0.2) is 12.4 Å². The van der Waals surface area contributed by atoms with E-state index < -0.39 is 0 Å². The Morgan fingerprint density at radius 1 is 1.26 bits per heavy atom. The van der Waals surface area contributed by atoms with Crippen molar-refractivity contribution in [3.05, 3.63) is 57.5 Å². The molecule has 2 aromatic rings. The molecule has 19 heavy (non-hydrogen) atoms. The van der Waals surface area contributed by atoms with Crippen molar-refractivity contribution in [1.82, 2.24) is 0 Å². The molecule has 1 atom stereocenters. The smallest absolute Gasteiger partial charge is 0.133 e. The number of rotatable bonds is 3. The standard InChI is InChI=1S/C15H12BrClOS/c16-13-7-11(17)5-6-14(13)18-8-10-9-19-15-4-2-1-3-12(10)15/h1-7,10H,8-9H2. The van der Waals surface area contributed by atoms with Crippen LogP contribution in [0.1, 0.15) is 11.5 Å². The largest absolute Gasteiger partial charge is 0.492 e. The quantitative estimate of drug-likeness (QED) is 0.732. The number of thioether (sulfide) groups is 1. The molecule has 0 spiro atoms. The van der Waals surface area contributed by atoms with Crippen LogP contribution in [-0.2, 0) is 0 Å². The summed E-state index contributed by atoms with van der Waals surface area (Å²) in [4.78, 5) is 1.38. The maximum atomic E-state index is 5.92. The molecule has 0 radical (unpaired) electrons. The Morgan fingerprint density at radius 3 is 2.95 bits per heavy atom. The molecule has 4 heteroatoms. The van der Waals surface area contributed by atoms with E-state index in [0.717, 1.165) is 16.0 Å². The summed E-state index contributed by atoms with van der Waals surface area (Å²) < 4.78 is 6.82. The van der Waals surface area contributed by atoms with Gasteiger partial charge in [0.15, 0.2) is 0 Å². The lowest BCUT2D eigenvalue weighted by Crippen LogP contribution is -2.09. The number of hydrogen-bond acceptors (Lipinski definition) is 2. The molecular formula is C15H12BrClOS. The van der Waals surface area contributed by atoms with E-state index in [0.29, 0.717) is 17.5 Å². The summed E-state index contributed by atoms with van der Waals surface area (Å²) in [6.07, 6.45) is 0. The fraction of sp³-hybridized carbons (Fsp3) is 0.200. The molecule has 0 saturated heterocycles. The van der Waals surface area contributed by atoms with Crippen LogP contribution >= 0.6 is 39.3 Å². The highest BCUT2D eigenvalue weighted by Crippen LogP contribution is 2.40. The van der Waals surface area contributed by atoms with Crippen LogP contribution in [0.4, 0.5) is 0 Å². The summed E-state index contributed by atoms with van der Waals surface area (Å²) in [5, 5.41) is 0.709. The third-order valence-corrected chi connectivity index (χ3v) is 5.24. The minimum atomic E-state index is 0.462. The molecule has 0 fully saturated rings. The van der Waals surface area contributed by atoms with Crippen molar-refractivity contribution >= 4 is 39.3 Å². The Balaban J connectivity index is 1.71. The Kier molecular flexibility index (Phi) is 4.06. The zero-order valence-corrected chi connectivity index (χ0v) is 13.3. The average molecular weight is 356 g/mol. The molecule has 1 aliphatic heterocycles. The molecule has 0 bridgehead atoms. The third kappa shape index (κ3) is 2.93. The normalized spacial score (nSPS) is 17.3. The summed E-state index contributed by atoms with van der Waals surface area (Å²) in [5.41, 5.74) is 1.40. The predicted octanol–water partition coefficient (Wildman–Crippen LogP) is 5.37. The van der Waals surface area contributed by atoms with Crippen molar-refractivity contribution in [2.24, 2.45) is 0 Å². The van der Waals surface area contributed by atoms with Crippen molar-refractivity contribution in [1.29, 1.82) is 0 Å². The van der Waals surface area contributed by atoms with Gasteiger partial charge in [0.2, 0.25) is 0 Å². The lowest BCUT2D eigenvalue weighted by molar-refractivity contribution is 0.296. The van der Waals surface area contributed by atoms with Crippen LogP contribution in [0.3, 0.4) is 0 Å². The lowest BCUT2D eigenvalue weighted by Gasteiger charge is -2.13. The molecule has 0 N–H and O–H groups in total. The van der Waals surface area contributed by atoms with Crippen molar-refractivity contribution in [3.63, 3.8) is 0 Å². The zero-order valence-electron chi connectivity index (χ0n) is 10.1. The first-order chi connectivity index (χ1) is 9.24. The van der Waals surface area contributed by atoms with E-state index in [-0.39, 0.29) is 0 Å². The van der Waals surface area contributed by atoms with E-state index in [1.54, 1.807) is 0 Å². The van der Waals surface area contributed by atoms with Gasteiger partial charge in [-0.25, -0.2) is 0 Å². The van der Waals surface area contributed by atoms with Crippen LogP contribution in [0, 0.1) is 0 Å². The van der Waals surface area contributed by atoms with E-state index in [1.165, 1.54) is 10.5 Å². The van der Waals surface area contributed by atoms with E-state index in [2.05, 4.69) is 40.2 Å².